The Morgan fingerprint density at radius 2 is 1.39 bits per heavy atom. The molecule has 0 fully saturated rings. The van der Waals surface area contributed by atoms with Crippen LogP contribution in [0.1, 0.15) is 35.2 Å². The van der Waals surface area contributed by atoms with Gasteiger partial charge in [-0.3, -0.25) is 28.8 Å². The number of alkyl halides is 1. The summed E-state index contributed by atoms with van der Waals surface area (Å²) in [5, 5.41) is 15.1. The van der Waals surface area contributed by atoms with Gasteiger partial charge in [-0.2, -0.15) is 0 Å². The van der Waals surface area contributed by atoms with Crippen molar-refractivity contribution in [1.82, 2.24) is 26.6 Å². The third-order valence-corrected chi connectivity index (χ3v) is 5.72. The second kappa shape index (κ2) is 14.8. The number of fused-ring (bicyclic) bond motifs is 2. The molecule has 0 saturated heterocycles. The Balaban J connectivity index is 2.27. The minimum absolute atomic E-state index is 0.232. The molecule has 0 radical (unpaired) electrons. The summed E-state index contributed by atoms with van der Waals surface area (Å²) in [6.45, 7) is -1.19. The van der Waals surface area contributed by atoms with E-state index in [0.29, 0.717) is 42.4 Å². The quantitative estimate of drug-likeness (QED) is 0.161. The highest BCUT2D eigenvalue weighted by atomic mass is 79.9. The van der Waals surface area contributed by atoms with Crippen LogP contribution in [0.4, 0.5) is 5.69 Å². The summed E-state index contributed by atoms with van der Waals surface area (Å²) < 4.78 is 0. The molecule has 14 heteroatoms. The number of rotatable bonds is 5. The standard InChI is InChI=1S/C22H30BrN7O6/c23-8-13-4-5-14-7-15(13)21(35)28-11-19(33)26-9-17(31)25-10-18(32)27-12-20(34)30-16(22(36)29-14)3-1-2-6-24/h4-5,7,16H,1-3,6,8-12,24H2,(H,25,31)(H,26,33)(H,27,32)(H,28,35)(H,29,36)(H,30,34)/t16-/m0/s1. The highest BCUT2D eigenvalue weighted by Crippen LogP contribution is 2.19. The first kappa shape index (κ1) is 28.7. The predicted octanol–water partition coefficient (Wildman–Crippen LogP) is -1.77. The molecule has 1 aromatic rings. The number of hydrogen-bond acceptors (Lipinski definition) is 7. The molecule has 0 aromatic heterocycles. The van der Waals surface area contributed by atoms with Crippen LogP contribution in [0.2, 0.25) is 0 Å². The van der Waals surface area contributed by atoms with E-state index in [2.05, 4.69) is 47.8 Å². The molecule has 1 aliphatic heterocycles. The Bertz CT molecular complexity index is 1000. The Morgan fingerprint density at radius 1 is 0.806 bits per heavy atom. The zero-order chi connectivity index (χ0) is 26.5. The zero-order valence-electron chi connectivity index (χ0n) is 19.6. The van der Waals surface area contributed by atoms with Crippen LogP contribution >= 0.6 is 15.9 Å². The monoisotopic (exact) mass is 567 g/mol. The molecule has 1 atom stereocenters. The van der Waals surface area contributed by atoms with Gasteiger partial charge in [0, 0.05) is 16.6 Å². The number of carbonyl (C=O) groups is 6. The maximum atomic E-state index is 13.0. The van der Waals surface area contributed by atoms with Crippen LogP contribution < -0.4 is 37.6 Å². The lowest BCUT2D eigenvalue weighted by Gasteiger charge is -2.19. The molecule has 8 N–H and O–H groups in total. The van der Waals surface area contributed by atoms with Gasteiger partial charge in [0.05, 0.1) is 26.2 Å². The smallest absolute Gasteiger partial charge is 0.252 e. The third kappa shape index (κ3) is 9.62. The molecule has 36 heavy (non-hydrogen) atoms. The van der Waals surface area contributed by atoms with E-state index in [-0.39, 0.29) is 12.1 Å². The van der Waals surface area contributed by atoms with Crippen LogP contribution in [0.3, 0.4) is 0 Å². The van der Waals surface area contributed by atoms with E-state index in [1.165, 1.54) is 6.07 Å². The number of nitrogens with one attached hydrogen (secondary N) is 6. The van der Waals surface area contributed by atoms with Gasteiger partial charge in [0.15, 0.2) is 0 Å². The summed E-state index contributed by atoms with van der Waals surface area (Å²) >= 11 is 3.31. The van der Waals surface area contributed by atoms with Crippen LogP contribution in [0.5, 0.6) is 0 Å². The number of unbranched alkanes of at least 4 members (excludes halogenated alkanes) is 1. The van der Waals surface area contributed by atoms with Crippen molar-refractivity contribution in [2.24, 2.45) is 5.73 Å². The van der Waals surface area contributed by atoms with E-state index in [1.807, 2.05) is 0 Å². The summed E-state index contributed by atoms with van der Waals surface area (Å²) in [5.74, 6) is -3.53. The number of anilines is 1. The second-order valence-corrected chi connectivity index (χ2v) is 8.47. The minimum atomic E-state index is -0.914. The average molecular weight is 568 g/mol. The topological polar surface area (TPSA) is 201 Å². The van der Waals surface area contributed by atoms with Gasteiger partial charge in [-0.1, -0.05) is 22.0 Å². The first-order valence-corrected chi connectivity index (χ1v) is 12.4. The highest BCUT2D eigenvalue weighted by Gasteiger charge is 2.22. The lowest BCUT2D eigenvalue weighted by atomic mass is 10.1. The fraction of sp³-hybridized carbons (Fsp3) is 0.455. The highest BCUT2D eigenvalue weighted by molar-refractivity contribution is 9.08. The molecule has 0 spiro atoms. The molecular formula is C22H30BrN7O6. The van der Waals surface area contributed by atoms with Crippen molar-refractivity contribution in [2.45, 2.75) is 30.6 Å². The Hall–Kier alpha value is -3.52. The molecule has 1 aliphatic rings. The SMILES string of the molecule is NCCCC[C@@H]1NC(=O)CNC(=O)CNC(=O)CNC(=O)CNC(=O)c2cc(ccc2CBr)NC1=O. The lowest BCUT2D eigenvalue weighted by Crippen LogP contribution is -2.49. The van der Waals surface area contributed by atoms with Gasteiger partial charge < -0.3 is 37.6 Å². The molecule has 0 aliphatic carbocycles. The van der Waals surface area contributed by atoms with Gasteiger partial charge in [0.25, 0.3) is 5.91 Å². The van der Waals surface area contributed by atoms with Gasteiger partial charge in [-0.05, 0) is 43.5 Å². The van der Waals surface area contributed by atoms with Gasteiger partial charge in [0.2, 0.25) is 29.5 Å². The molecule has 13 nitrogen and oxygen atoms in total. The third-order valence-electron chi connectivity index (χ3n) is 5.11. The number of carbonyl (C=O) groups excluding carboxylic acids is 6. The lowest BCUT2D eigenvalue weighted by molar-refractivity contribution is -0.129. The normalized spacial score (nSPS) is 18.7. The van der Waals surface area contributed by atoms with Crippen LogP contribution in [0, 0.1) is 0 Å². The van der Waals surface area contributed by atoms with Gasteiger partial charge in [-0.15, -0.1) is 0 Å². The fourth-order valence-corrected chi connectivity index (χ4v) is 3.69. The van der Waals surface area contributed by atoms with Gasteiger partial charge in [-0.25, -0.2) is 0 Å². The van der Waals surface area contributed by atoms with Crippen LogP contribution in [0.15, 0.2) is 18.2 Å². The van der Waals surface area contributed by atoms with Crippen molar-refractivity contribution >= 4 is 57.1 Å². The van der Waals surface area contributed by atoms with Gasteiger partial charge in [0.1, 0.15) is 6.04 Å². The number of halogens is 1. The Morgan fingerprint density at radius 3 is 1.97 bits per heavy atom. The van der Waals surface area contributed by atoms with Crippen molar-refractivity contribution in [2.75, 3.05) is 38.0 Å². The van der Waals surface area contributed by atoms with Crippen molar-refractivity contribution in [3.05, 3.63) is 29.3 Å². The van der Waals surface area contributed by atoms with Crippen molar-refractivity contribution in [1.29, 1.82) is 0 Å². The predicted molar refractivity (Wildman–Crippen MR) is 134 cm³/mol. The number of hydrogen-bond donors (Lipinski definition) is 7. The number of nitrogens with two attached hydrogens (primary N) is 1. The first-order chi connectivity index (χ1) is 17.2. The second-order valence-electron chi connectivity index (χ2n) is 7.91. The molecule has 196 valence electrons. The zero-order valence-corrected chi connectivity index (χ0v) is 21.2. The average Bonchev–Trinajstić information content (AvgIpc) is 2.86. The molecule has 0 unspecified atom stereocenters. The van der Waals surface area contributed by atoms with Gasteiger partial charge >= 0.3 is 0 Å². The van der Waals surface area contributed by atoms with E-state index in [0.717, 1.165) is 0 Å². The van der Waals surface area contributed by atoms with E-state index in [1.54, 1.807) is 12.1 Å². The van der Waals surface area contributed by atoms with E-state index in [4.69, 9.17) is 5.73 Å². The maximum Gasteiger partial charge on any atom is 0.252 e. The summed E-state index contributed by atoms with van der Waals surface area (Å²) in [7, 11) is 0. The largest absolute Gasteiger partial charge is 0.346 e. The summed E-state index contributed by atoms with van der Waals surface area (Å²) in [6, 6.07) is 3.81. The van der Waals surface area contributed by atoms with Crippen LogP contribution in [0.25, 0.3) is 0 Å². The summed E-state index contributed by atoms with van der Waals surface area (Å²) in [4.78, 5) is 73.9. The number of benzene rings is 1. The molecular weight excluding hydrogens is 538 g/mol. The molecule has 0 saturated carbocycles. The van der Waals surface area contributed by atoms with E-state index < -0.39 is 61.1 Å². The maximum absolute atomic E-state index is 13.0. The molecule has 1 aromatic carbocycles. The van der Waals surface area contributed by atoms with Crippen LogP contribution in [-0.2, 0) is 29.3 Å². The van der Waals surface area contributed by atoms with E-state index in [9.17, 15) is 28.8 Å². The summed E-state index contributed by atoms with van der Waals surface area (Å²) in [5.41, 5.74) is 6.70. The Kier molecular flexibility index (Phi) is 11.8. The molecule has 2 rings (SSSR count). The van der Waals surface area contributed by atoms with Crippen molar-refractivity contribution < 1.29 is 28.8 Å². The first-order valence-electron chi connectivity index (χ1n) is 11.3. The van der Waals surface area contributed by atoms with Crippen molar-refractivity contribution in [3.63, 3.8) is 0 Å². The fourth-order valence-electron chi connectivity index (χ4n) is 3.20. The number of amides is 6. The Labute approximate surface area is 216 Å². The summed E-state index contributed by atoms with van der Waals surface area (Å²) in [6.07, 6.45) is 1.53. The molecule has 2 bridgehead atoms. The van der Waals surface area contributed by atoms with Crippen LogP contribution in [-0.4, -0.2) is 74.2 Å². The minimum Gasteiger partial charge on any atom is -0.346 e. The van der Waals surface area contributed by atoms with Crippen molar-refractivity contribution in [3.8, 4) is 0 Å². The molecule has 1 heterocycles. The molecule has 6 amide bonds. The van der Waals surface area contributed by atoms with E-state index >= 15 is 0 Å².